The van der Waals surface area contributed by atoms with Crippen LogP contribution in [0.25, 0.3) is 27.5 Å². The van der Waals surface area contributed by atoms with Gasteiger partial charge in [0.2, 0.25) is 13.6 Å². The number of benzene rings is 4. The van der Waals surface area contributed by atoms with Gasteiger partial charge >= 0.3 is 123 Å². The molecule has 8 rings (SSSR count). The van der Waals surface area contributed by atoms with E-state index in [0.717, 1.165) is 39.0 Å². The first-order valence-electron chi connectivity index (χ1n) is 15.2. The number of fused-ring (bicyclic) bond motifs is 4. The standard InChI is InChI=1S/C17H12N2O3.C10H6N2O2.C7H7I.3K.HO4P/c1-20-13-4-2-12(3-5-13)19-9-11(8-18)14-6-16-17(7-15(14)19)22-10-21-16;11-3-6-4-12-8-2-10-9(1-7(6)8)13-5-14-10;1-6-2-4-7(8)5-3-6;;;;1-4-5(2)3/h2-7,9H,10H2,1H3;1-2,4,12H,5H2;2-5H,1H3;;;;1H/q;;;;;+1;/p-1. The summed E-state index contributed by atoms with van der Waals surface area (Å²) in [7, 11) is -1.52. The van der Waals surface area contributed by atoms with Gasteiger partial charge in [0, 0.05) is 44.6 Å². The molecule has 0 spiro atoms. The number of methoxy groups -OCH3 is 1. The van der Waals surface area contributed by atoms with Gasteiger partial charge in [-0.2, -0.15) is 10.5 Å². The molecule has 2 aliphatic rings. The summed E-state index contributed by atoms with van der Waals surface area (Å²) in [5.41, 5.74) is 5.30. The third-order valence-electron chi connectivity index (χ3n) is 7.14. The van der Waals surface area contributed by atoms with Crippen LogP contribution in [0.1, 0.15) is 16.7 Å². The number of nitrogens with one attached hydrogen (secondary N) is 1. The number of nitriles is 2. The molecule has 1 N–H and O–H groups in total. The molecule has 0 amide bonds. The molecule has 0 saturated heterocycles. The van der Waals surface area contributed by atoms with Crippen LogP contribution in [0.15, 0.2) is 85.2 Å². The fraction of sp³-hybridized carbons (Fsp3) is 0.118. The SMILES string of the molecule is COc1ccc(-n2cc(C#N)c3cc4c(cc32)OCO4)cc1.Cc1ccc(I)cc1.N#Cc1c[nH]c2cc3c(cc12)OCO3.O=[P+]([O-])O[O-].[K+].[K][K]. The summed E-state index contributed by atoms with van der Waals surface area (Å²) in [6.07, 6.45) is 3.50. The molecule has 0 saturated carbocycles. The molecule has 1 unspecified atom stereocenters. The van der Waals surface area contributed by atoms with Crippen molar-refractivity contribution >= 4 is 116 Å². The molecule has 0 bridgehead atoms. The summed E-state index contributed by atoms with van der Waals surface area (Å²) in [5.74, 6) is 3.59. The van der Waals surface area contributed by atoms with Crippen molar-refractivity contribution in [3.05, 3.63) is 105 Å². The van der Waals surface area contributed by atoms with Gasteiger partial charge in [0.05, 0.1) is 29.3 Å². The van der Waals surface area contributed by atoms with Crippen molar-refractivity contribution in [2.24, 2.45) is 0 Å². The Hall–Kier alpha value is -0.441. The van der Waals surface area contributed by atoms with E-state index in [0.29, 0.717) is 28.4 Å². The zero-order valence-corrected chi connectivity index (χ0v) is 41.3. The molecule has 0 radical (unpaired) electrons. The zero-order valence-electron chi connectivity index (χ0n) is 28.8. The summed E-state index contributed by atoms with van der Waals surface area (Å²) in [5, 5.41) is 28.5. The molecular formula is C34H25IK3N4O9P. The predicted molar refractivity (Wildman–Crippen MR) is 194 cm³/mol. The van der Waals surface area contributed by atoms with Crippen LogP contribution >= 0.6 is 30.8 Å². The Morgan fingerprint density at radius 2 is 1.38 bits per heavy atom. The molecule has 0 aliphatic carbocycles. The number of aromatic nitrogens is 2. The minimum atomic E-state index is -3.15. The summed E-state index contributed by atoms with van der Waals surface area (Å²) in [6, 6.07) is 27.9. The normalized spacial score (nSPS) is 11.4. The molecule has 250 valence electrons. The number of H-pyrrole nitrogens is 1. The van der Waals surface area contributed by atoms with Crippen molar-refractivity contribution in [1.82, 2.24) is 9.55 Å². The van der Waals surface area contributed by atoms with E-state index in [9.17, 15) is 5.26 Å². The average molecular weight is 909 g/mol. The van der Waals surface area contributed by atoms with Crippen LogP contribution in [-0.2, 0) is 9.24 Å². The molecule has 6 aromatic rings. The third-order valence-corrected chi connectivity index (χ3v) is 7.98. The second-order valence-corrected chi connectivity index (χ2v) is 11.9. The molecule has 0 fully saturated rings. The molecule has 2 aliphatic heterocycles. The number of hydrogen-bond acceptors (Lipinski definition) is 11. The van der Waals surface area contributed by atoms with E-state index in [1.807, 2.05) is 59.3 Å². The van der Waals surface area contributed by atoms with Gasteiger partial charge in [-0.3, -0.25) is 0 Å². The van der Waals surface area contributed by atoms with Crippen molar-refractivity contribution in [2.75, 3.05) is 20.7 Å². The van der Waals surface area contributed by atoms with Crippen molar-refractivity contribution < 1.29 is 94.5 Å². The van der Waals surface area contributed by atoms with Gasteiger partial charge in [-0.15, -0.1) is 0 Å². The van der Waals surface area contributed by atoms with E-state index in [1.54, 1.807) is 13.3 Å². The van der Waals surface area contributed by atoms with Crippen LogP contribution in [-0.4, -0.2) is 93.4 Å². The molecule has 18 heteroatoms. The summed E-state index contributed by atoms with van der Waals surface area (Å²) < 4.78 is 41.1. The number of aryl methyl sites for hydroxylation is 1. The maximum absolute atomic E-state index is 9.37. The average Bonchev–Trinajstić information content (AvgIpc) is 3.98. The topological polar surface area (TPSA) is 187 Å². The summed E-state index contributed by atoms with van der Waals surface area (Å²) in [4.78, 5) is 11.9. The Balaban J connectivity index is 0.000000208. The van der Waals surface area contributed by atoms with Crippen LogP contribution in [0.4, 0.5) is 0 Å². The minimum absolute atomic E-state index is 0. The van der Waals surface area contributed by atoms with Gasteiger partial charge < -0.3 is 43.4 Å². The number of hydrogen-bond donors (Lipinski definition) is 1. The van der Waals surface area contributed by atoms with E-state index in [2.05, 4.69) is 75.6 Å². The summed E-state index contributed by atoms with van der Waals surface area (Å²) in [6.45, 7) is 2.56. The van der Waals surface area contributed by atoms with Crippen LogP contribution in [0.2, 0.25) is 0 Å². The number of nitrogens with zero attached hydrogens (tertiary/aromatic N) is 3. The van der Waals surface area contributed by atoms with Crippen molar-refractivity contribution in [1.29, 1.82) is 10.5 Å². The van der Waals surface area contributed by atoms with Crippen LogP contribution in [0.5, 0.6) is 28.7 Å². The number of halogens is 1. The van der Waals surface area contributed by atoms with Crippen LogP contribution in [0.3, 0.4) is 0 Å². The molecular weight excluding hydrogens is 884 g/mol. The first-order chi connectivity index (χ1) is 24.7. The predicted octanol–water partition coefficient (Wildman–Crippen LogP) is 2.15. The second-order valence-electron chi connectivity index (χ2n) is 10.1. The fourth-order valence-electron chi connectivity index (χ4n) is 4.80. The first kappa shape index (κ1) is 45.9. The van der Waals surface area contributed by atoms with Gasteiger partial charge in [-0.25, -0.2) is 4.67 Å². The Morgan fingerprint density at radius 3 is 1.88 bits per heavy atom. The van der Waals surface area contributed by atoms with Gasteiger partial charge in [0.25, 0.3) is 0 Å². The summed E-state index contributed by atoms with van der Waals surface area (Å²) >= 11 is 4.80. The maximum atomic E-state index is 9.37. The molecule has 13 nitrogen and oxygen atoms in total. The van der Waals surface area contributed by atoms with E-state index in [1.165, 1.54) is 72.3 Å². The van der Waals surface area contributed by atoms with Crippen molar-refractivity contribution in [2.45, 2.75) is 6.92 Å². The second kappa shape index (κ2) is 23.6. The third kappa shape index (κ3) is 12.5. The Morgan fingerprint density at radius 1 is 0.865 bits per heavy atom. The van der Waals surface area contributed by atoms with Gasteiger partial charge in [-0.05, 0) is 82.6 Å². The molecule has 4 heterocycles. The fourth-order valence-corrected chi connectivity index (χ4v) is 5.16. The molecule has 1 atom stereocenters. The number of aromatic amines is 1. The van der Waals surface area contributed by atoms with Gasteiger partial charge in [0.1, 0.15) is 17.9 Å². The van der Waals surface area contributed by atoms with Gasteiger partial charge in [-0.1, -0.05) is 17.7 Å². The Labute approximate surface area is 401 Å². The zero-order chi connectivity index (χ0) is 36.9. The van der Waals surface area contributed by atoms with Crippen molar-refractivity contribution in [3.8, 4) is 46.6 Å². The Bertz CT molecular complexity index is 2180. The quantitative estimate of drug-likeness (QED) is 0.0902. The number of ether oxygens (including phenoxy) is 5. The van der Waals surface area contributed by atoms with E-state index in [-0.39, 0.29) is 65.0 Å². The Kier molecular flexibility index (Phi) is 20.8. The van der Waals surface area contributed by atoms with E-state index in [4.69, 9.17) is 43.7 Å². The van der Waals surface area contributed by atoms with Gasteiger partial charge in [0.15, 0.2) is 23.0 Å². The monoisotopic (exact) mass is 908 g/mol. The molecule has 2 aromatic heterocycles. The number of rotatable bonds is 3. The molecule has 52 heavy (non-hydrogen) atoms. The van der Waals surface area contributed by atoms with Crippen LogP contribution in [0, 0.1) is 33.2 Å². The van der Waals surface area contributed by atoms with Crippen LogP contribution < -0.4 is 85.2 Å². The van der Waals surface area contributed by atoms with E-state index >= 15 is 0 Å². The van der Waals surface area contributed by atoms with Crippen molar-refractivity contribution in [3.63, 3.8) is 0 Å². The van der Waals surface area contributed by atoms with E-state index < -0.39 is 8.25 Å². The molecule has 4 aromatic carbocycles. The first-order valence-corrected chi connectivity index (χ1v) is 33.4.